The zero-order valence-corrected chi connectivity index (χ0v) is 21.7. The minimum absolute atomic E-state index is 0.0986. The van der Waals surface area contributed by atoms with Gasteiger partial charge in [-0.15, -0.1) is 0 Å². The van der Waals surface area contributed by atoms with Gasteiger partial charge in [-0.25, -0.2) is 8.42 Å². The molecular weight excluding hydrogens is 508 g/mol. The lowest BCUT2D eigenvalue weighted by atomic mass is 10.0. The summed E-state index contributed by atoms with van der Waals surface area (Å²) in [6.07, 6.45) is 1.42. The van der Waals surface area contributed by atoms with Crippen LogP contribution in [0.4, 0.5) is 11.4 Å². The number of halogens is 1. The van der Waals surface area contributed by atoms with Crippen molar-refractivity contribution < 1.29 is 17.9 Å². The molecule has 0 radical (unpaired) electrons. The van der Waals surface area contributed by atoms with Crippen molar-refractivity contribution in [1.29, 1.82) is 0 Å². The maximum atomic E-state index is 13.4. The minimum Gasteiger partial charge on any atom is -0.455 e. The smallest absolute Gasteiger partial charge is 0.262 e. The molecule has 4 aromatic carbocycles. The summed E-state index contributed by atoms with van der Waals surface area (Å²) in [5.74, 6) is 0.792. The molecule has 0 saturated heterocycles. The number of nitrogens with one attached hydrogen (secondary N) is 1. The summed E-state index contributed by atoms with van der Waals surface area (Å²) in [4.78, 5) is 15.0. The molecule has 0 aliphatic carbocycles. The van der Waals surface area contributed by atoms with Gasteiger partial charge in [0.15, 0.2) is 5.75 Å². The summed E-state index contributed by atoms with van der Waals surface area (Å²) in [5, 5.41) is 0.369. The van der Waals surface area contributed by atoms with Crippen LogP contribution in [0.5, 0.6) is 11.5 Å². The normalized spacial score (nSPS) is 13.1. The third-order valence-corrected chi connectivity index (χ3v) is 7.78. The zero-order valence-electron chi connectivity index (χ0n) is 20.1. The Labute approximate surface area is 221 Å². The fourth-order valence-corrected chi connectivity index (χ4v) is 5.58. The van der Waals surface area contributed by atoms with Crippen LogP contribution in [-0.4, -0.2) is 20.9 Å². The largest absolute Gasteiger partial charge is 0.455 e. The second-order valence-corrected chi connectivity index (χ2v) is 11.0. The van der Waals surface area contributed by atoms with E-state index in [0.29, 0.717) is 35.1 Å². The van der Waals surface area contributed by atoms with E-state index in [1.807, 2.05) is 49.4 Å². The lowest BCUT2D eigenvalue weighted by molar-refractivity contribution is 0.0985. The molecule has 1 heterocycles. The van der Waals surface area contributed by atoms with Crippen LogP contribution in [0.15, 0.2) is 95.9 Å². The molecule has 0 unspecified atom stereocenters. The number of para-hydroxylation sites is 1. The molecule has 5 rings (SSSR count). The van der Waals surface area contributed by atoms with E-state index >= 15 is 0 Å². The van der Waals surface area contributed by atoms with Gasteiger partial charge in [0, 0.05) is 22.8 Å². The first kappa shape index (κ1) is 24.9. The van der Waals surface area contributed by atoms with Crippen molar-refractivity contribution in [3.63, 3.8) is 0 Å². The molecule has 0 aromatic heterocycles. The Bertz CT molecular complexity index is 1560. The van der Waals surface area contributed by atoms with Crippen LogP contribution in [0.2, 0.25) is 5.02 Å². The predicted octanol–water partition coefficient (Wildman–Crippen LogP) is 6.83. The molecule has 1 aliphatic heterocycles. The first-order valence-corrected chi connectivity index (χ1v) is 13.7. The highest BCUT2D eigenvalue weighted by Crippen LogP contribution is 2.35. The van der Waals surface area contributed by atoms with E-state index < -0.39 is 10.0 Å². The maximum Gasteiger partial charge on any atom is 0.262 e. The van der Waals surface area contributed by atoms with E-state index in [1.54, 1.807) is 41.3 Å². The van der Waals surface area contributed by atoms with Crippen molar-refractivity contribution in [2.75, 3.05) is 16.2 Å². The number of sulfonamides is 1. The van der Waals surface area contributed by atoms with Crippen molar-refractivity contribution in [3.8, 4) is 11.5 Å². The van der Waals surface area contributed by atoms with E-state index in [2.05, 4.69) is 4.72 Å². The Balaban J connectivity index is 1.42. The molecule has 8 heteroatoms. The van der Waals surface area contributed by atoms with Crippen LogP contribution in [0.1, 0.15) is 27.9 Å². The third kappa shape index (κ3) is 5.48. The van der Waals surface area contributed by atoms with Gasteiger partial charge in [-0.1, -0.05) is 47.5 Å². The number of anilines is 2. The van der Waals surface area contributed by atoms with Gasteiger partial charge in [-0.3, -0.25) is 9.52 Å². The van der Waals surface area contributed by atoms with Crippen molar-refractivity contribution >= 4 is 38.9 Å². The van der Waals surface area contributed by atoms with Crippen molar-refractivity contribution in [3.05, 3.63) is 113 Å². The van der Waals surface area contributed by atoms with E-state index in [-0.39, 0.29) is 16.5 Å². The number of ether oxygens (including phenoxy) is 1. The number of rotatable bonds is 6. The van der Waals surface area contributed by atoms with Crippen LogP contribution >= 0.6 is 11.6 Å². The zero-order chi connectivity index (χ0) is 26.0. The lowest BCUT2D eigenvalue weighted by Gasteiger charge is -2.30. The number of carbonyl (C=O) groups is 1. The highest BCUT2D eigenvalue weighted by Gasteiger charge is 2.26. The van der Waals surface area contributed by atoms with Gasteiger partial charge in [0.25, 0.3) is 15.9 Å². The second-order valence-electron chi connectivity index (χ2n) is 8.88. The number of carbonyl (C=O) groups excluding carboxylic acids is 1. The summed E-state index contributed by atoms with van der Waals surface area (Å²) in [6.45, 7) is 2.55. The lowest BCUT2D eigenvalue weighted by Crippen LogP contribution is -2.35. The Hall–Kier alpha value is -3.81. The van der Waals surface area contributed by atoms with E-state index in [1.165, 1.54) is 12.1 Å². The van der Waals surface area contributed by atoms with Crippen LogP contribution in [0.3, 0.4) is 0 Å². The average molecular weight is 533 g/mol. The van der Waals surface area contributed by atoms with Crippen molar-refractivity contribution in [2.45, 2.75) is 24.7 Å². The first-order valence-electron chi connectivity index (χ1n) is 11.9. The summed E-state index contributed by atoms with van der Waals surface area (Å²) in [5.41, 5.74) is 3.44. The SMILES string of the molecule is Cc1ccc(C(=O)N2CCCc3cc(S(=O)(=O)Nc4cc(Cl)ccc4Oc4ccccc4)ccc32)cc1. The van der Waals surface area contributed by atoms with Crippen LogP contribution in [0, 0.1) is 6.92 Å². The first-order chi connectivity index (χ1) is 17.8. The van der Waals surface area contributed by atoms with E-state index in [0.717, 1.165) is 23.2 Å². The summed E-state index contributed by atoms with van der Waals surface area (Å²) in [7, 11) is -3.97. The maximum absolute atomic E-state index is 13.4. The Morgan fingerprint density at radius 2 is 1.70 bits per heavy atom. The third-order valence-electron chi connectivity index (χ3n) is 6.18. The molecule has 0 spiro atoms. The second kappa shape index (κ2) is 10.3. The molecule has 0 saturated carbocycles. The average Bonchev–Trinajstić information content (AvgIpc) is 2.90. The quantitative estimate of drug-likeness (QED) is 0.295. The molecule has 0 atom stereocenters. The van der Waals surface area contributed by atoms with Gasteiger partial charge in [-0.05, 0) is 86.0 Å². The Morgan fingerprint density at radius 1 is 0.946 bits per heavy atom. The van der Waals surface area contributed by atoms with Crippen LogP contribution in [-0.2, 0) is 16.4 Å². The minimum atomic E-state index is -3.97. The number of fused-ring (bicyclic) bond motifs is 1. The molecule has 1 aliphatic rings. The number of hydrogen-bond acceptors (Lipinski definition) is 4. The van der Waals surface area contributed by atoms with E-state index in [9.17, 15) is 13.2 Å². The molecule has 1 amide bonds. The highest BCUT2D eigenvalue weighted by atomic mass is 35.5. The van der Waals surface area contributed by atoms with Crippen molar-refractivity contribution in [2.24, 2.45) is 0 Å². The van der Waals surface area contributed by atoms with Crippen molar-refractivity contribution in [1.82, 2.24) is 0 Å². The Morgan fingerprint density at radius 3 is 2.46 bits per heavy atom. The fraction of sp³-hybridized carbons (Fsp3) is 0.138. The van der Waals surface area contributed by atoms with Gasteiger partial charge >= 0.3 is 0 Å². The molecule has 1 N–H and O–H groups in total. The molecule has 0 fully saturated rings. The summed E-state index contributed by atoms with van der Waals surface area (Å²) in [6, 6.07) is 26.1. The molecule has 188 valence electrons. The highest BCUT2D eigenvalue weighted by molar-refractivity contribution is 7.92. The molecule has 6 nitrogen and oxygen atoms in total. The fourth-order valence-electron chi connectivity index (χ4n) is 4.29. The van der Waals surface area contributed by atoms with Crippen LogP contribution in [0.25, 0.3) is 0 Å². The number of hydrogen-bond donors (Lipinski definition) is 1. The molecule has 37 heavy (non-hydrogen) atoms. The van der Waals surface area contributed by atoms with Gasteiger partial charge in [-0.2, -0.15) is 0 Å². The number of nitrogens with zero attached hydrogens (tertiary/aromatic N) is 1. The number of benzene rings is 4. The summed E-state index contributed by atoms with van der Waals surface area (Å²) >= 11 is 6.17. The molecule has 4 aromatic rings. The van der Waals surface area contributed by atoms with Gasteiger partial charge in [0.1, 0.15) is 5.75 Å². The molecule has 0 bridgehead atoms. The monoisotopic (exact) mass is 532 g/mol. The molecular formula is C29H25ClN2O4S. The number of aryl methyl sites for hydroxylation is 2. The topological polar surface area (TPSA) is 75.7 Å². The van der Waals surface area contributed by atoms with Gasteiger partial charge < -0.3 is 9.64 Å². The Kier molecular flexibility index (Phi) is 6.91. The standard InChI is InChI=1S/C29H25ClN2O4S/c1-20-9-11-21(12-10-20)29(33)32-17-5-6-22-18-25(14-15-27(22)32)37(34,35)31-26-19-23(30)13-16-28(26)36-24-7-3-2-4-8-24/h2-4,7-16,18-19,31H,5-6,17H2,1H3. The van der Waals surface area contributed by atoms with Gasteiger partial charge in [0.05, 0.1) is 10.6 Å². The number of amides is 1. The predicted molar refractivity (Wildman–Crippen MR) is 146 cm³/mol. The van der Waals surface area contributed by atoms with E-state index in [4.69, 9.17) is 16.3 Å². The summed E-state index contributed by atoms with van der Waals surface area (Å²) < 4.78 is 35.3. The van der Waals surface area contributed by atoms with Crippen LogP contribution < -0.4 is 14.4 Å². The van der Waals surface area contributed by atoms with Gasteiger partial charge in [0.2, 0.25) is 0 Å².